The molecule has 1 N–H and O–H groups in total. The molecule has 128 valence electrons. The van der Waals surface area contributed by atoms with E-state index in [2.05, 4.69) is 31.8 Å². The third-order valence-corrected chi connectivity index (χ3v) is 3.73. The number of benzene rings is 2. The van der Waals surface area contributed by atoms with Crippen molar-refractivity contribution < 1.29 is 9.84 Å². The number of aromatic nitrogens is 6. The van der Waals surface area contributed by atoms with Crippen LogP contribution in [0.25, 0.3) is 28.1 Å². The van der Waals surface area contributed by atoms with E-state index in [1.807, 2.05) is 30.3 Å². The fourth-order valence-corrected chi connectivity index (χ4v) is 2.59. The maximum Gasteiger partial charge on any atom is 0.321 e. The lowest BCUT2D eigenvalue weighted by molar-refractivity contribution is 0.331. The van der Waals surface area contributed by atoms with Crippen molar-refractivity contribution in [1.29, 1.82) is 0 Å². The number of aromatic hydroxyl groups is 1. The molecule has 0 radical (unpaired) electrons. The molecule has 0 spiro atoms. The topological polar surface area (TPSA) is 98.8 Å². The van der Waals surface area contributed by atoms with Crippen molar-refractivity contribution in [3.8, 4) is 28.8 Å². The maximum atomic E-state index is 10.2. The van der Waals surface area contributed by atoms with Gasteiger partial charge in [-0.25, -0.2) is 0 Å². The predicted octanol–water partition coefficient (Wildman–Crippen LogP) is 2.54. The van der Waals surface area contributed by atoms with Crippen molar-refractivity contribution in [2.75, 3.05) is 6.61 Å². The van der Waals surface area contributed by atoms with Crippen molar-refractivity contribution in [3.05, 3.63) is 61.4 Å². The molecule has 0 unspecified atom stereocenters. The molecule has 2 heterocycles. The van der Waals surface area contributed by atoms with E-state index in [9.17, 15) is 5.11 Å². The minimum atomic E-state index is 0.176. The van der Waals surface area contributed by atoms with E-state index in [-0.39, 0.29) is 17.7 Å². The Kier molecular flexibility index (Phi) is 3.98. The number of rotatable bonds is 5. The Labute approximate surface area is 148 Å². The molecule has 0 saturated carbocycles. The van der Waals surface area contributed by atoms with Crippen LogP contribution in [-0.2, 0) is 0 Å². The summed E-state index contributed by atoms with van der Waals surface area (Å²) in [6.45, 7) is 3.88. The molecule has 0 amide bonds. The van der Waals surface area contributed by atoms with Crippen LogP contribution < -0.4 is 4.74 Å². The summed E-state index contributed by atoms with van der Waals surface area (Å²) in [5.41, 5.74) is 2.77. The van der Waals surface area contributed by atoms with Crippen molar-refractivity contribution in [1.82, 2.24) is 29.9 Å². The third kappa shape index (κ3) is 2.73. The lowest BCUT2D eigenvalue weighted by atomic mass is 10.0. The average molecular weight is 346 g/mol. The smallest absolute Gasteiger partial charge is 0.321 e. The SMILES string of the molecule is C=CCOc1ncnc(-n2nnc3c(-c4ccccc4O)cccc32)n1. The van der Waals surface area contributed by atoms with E-state index < -0.39 is 0 Å². The molecule has 0 fully saturated rings. The van der Waals surface area contributed by atoms with Gasteiger partial charge < -0.3 is 9.84 Å². The van der Waals surface area contributed by atoms with E-state index in [4.69, 9.17) is 4.74 Å². The first-order valence-corrected chi connectivity index (χ1v) is 7.84. The minimum absolute atomic E-state index is 0.176. The minimum Gasteiger partial charge on any atom is -0.507 e. The first-order chi connectivity index (χ1) is 12.8. The van der Waals surface area contributed by atoms with Gasteiger partial charge in [0, 0.05) is 11.1 Å². The zero-order valence-electron chi connectivity index (χ0n) is 13.6. The number of para-hydroxylation sites is 1. The second kappa shape index (κ2) is 6.60. The van der Waals surface area contributed by atoms with Gasteiger partial charge in [-0.1, -0.05) is 48.2 Å². The number of phenolic OH excluding ortho intramolecular Hbond substituents is 1. The van der Waals surface area contributed by atoms with E-state index >= 15 is 0 Å². The second-order valence-corrected chi connectivity index (χ2v) is 5.36. The number of phenols is 1. The van der Waals surface area contributed by atoms with Crippen LogP contribution in [0.3, 0.4) is 0 Å². The first kappa shape index (κ1) is 15.7. The largest absolute Gasteiger partial charge is 0.507 e. The highest BCUT2D eigenvalue weighted by Gasteiger charge is 2.15. The summed E-state index contributed by atoms with van der Waals surface area (Å²) in [6.07, 6.45) is 2.95. The highest BCUT2D eigenvalue weighted by molar-refractivity contribution is 5.93. The third-order valence-electron chi connectivity index (χ3n) is 3.73. The molecule has 4 rings (SSSR count). The van der Waals surface area contributed by atoms with Crippen LogP contribution in [0.4, 0.5) is 0 Å². The molecule has 4 aromatic rings. The molecule has 2 aromatic heterocycles. The second-order valence-electron chi connectivity index (χ2n) is 5.36. The first-order valence-electron chi connectivity index (χ1n) is 7.84. The summed E-state index contributed by atoms with van der Waals surface area (Å²) in [5.74, 6) is 0.464. The van der Waals surface area contributed by atoms with Crippen LogP contribution >= 0.6 is 0 Å². The predicted molar refractivity (Wildman–Crippen MR) is 95.0 cm³/mol. The Bertz CT molecular complexity index is 1090. The fourth-order valence-electron chi connectivity index (χ4n) is 2.59. The van der Waals surface area contributed by atoms with Gasteiger partial charge in [0.1, 0.15) is 24.2 Å². The van der Waals surface area contributed by atoms with Gasteiger partial charge in [0.05, 0.1) is 5.52 Å². The zero-order chi connectivity index (χ0) is 17.9. The molecular weight excluding hydrogens is 332 g/mol. The quantitative estimate of drug-likeness (QED) is 0.554. The monoisotopic (exact) mass is 346 g/mol. The molecule has 0 saturated heterocycles. The van der Waals surface area contributed by atoms with Crippen LogP contribution in [0, 0.1) is 0 Å². The zero-order valence-corrected chi connectivity index (χ0v) is 13.6. The van der Waals surface area contributed by atoms with Crippen molar-refractivity contribution in [2.45, 2.75) is 0 Å². The highest BCUT2D eigenvalue weighted by atomic mass is 16.5. The average Bonchev–Trinajstić information content (AvgIpc) is 3.11. The Hall–Kier alpha value is -3.81. The van der Waals surface area contributed by atoms with Gasteiger partial charge >= 0.3 is 6.01 Å². The van der Waals surface area contributed by atoms with Crippen LogP contribution in [-0.4, -0.2) is 41.7 Å². The number of nitrogens with zero attached hydrogens (tertiary/aromatic N) is 6. The van der Waals surface area contributed by atoms with Crippen molar-refractivity contribution >= 4 is 11.0 Å². The molecular formula is C18H14N6O2. The standard InChI is InChI=1S/C18H14N6O2/c1-2-10-26-18-20-11-19-17(21-18)24-14-8-5-7-13(16(14)22-23-24)12-6-3-4-9-15(12)25/h2-9,11,25H,1,10H2. The molecule has 0 atom stereocenters. The Morgan fingerprint density at radius 2 is 1.92 bits per heavy atom. The molecule has 0 aliphatic carbocycles. The van der Waals surface area contributed by atoms with E-state index in [1.165, 1.54) is 11.0 Å². The Balaban J connectivity index is 1.83. The van der Waals surface area contributed by atoms with Gasteiger partial charge in [-0.2, -0.15) is 19.6 Å². The van der Waals surface area contributed by atoms with Gasteiger partial charge in [0.2, 0.25) is 0 Å². The van der Waals surface area contributed by atoms with Gasteiger partial charge in [0.25, 0.3) is 5.95 Å². The molecule has 8 heteroatoms. The maximum absolute atomic E-state index is 10.2. The summed E-state index contributed by atoms with van der Waals surface area (Å²) in [6, 6.07) is 12.9. The molecule has 26 heavy (non-hydrogen) atoms. The molecule has 8 nitrogen and oxygen atoms in total. The number of hydrogen-bond donors (Lipinski definition) is 1. The van der Waals surface area contributed by atoms with Crippen LogP contribution in [0.15, 0.2) is 61.4 Å². The Morgan fingerprint density at radius 3 is 2.77 bits per heavy atom. The van der Waals surface area contributed by atoms with Crippen LogP contribution in [0.5, 0.6) is 11.8 Å². The van der Waals surface area contributed by atoms with Crippen molar-refractivity contribution in [3.63, 3.8) is 0 Å². The van der Waals surface area contributed by atoms with Gasteiger partial charge in [-0.3, -0.25) is 0 Å². The number of fused-ring (bicyclic) bond motifs is 1. The van der Waals surface area contributed by atoms with Gasteiger partial charge in [0.15, 0.2) is 0 Å². The molecule has 0 bridgehead atoms. The summed E-state index contributed by atoms with van der Waals surface area (Å²) < 4.78 is 6.84. The number of hydrogen-bond acceptors (Lipinski definition) is 7. The summed E-state index contributed by atoms with van der Waals surface area (Å²) in [7, 11) is 0. The molecule has 0 aliphatic rings. The lowest BCUT2D eigenvalue weighted by Gasteiger charge is -2.06. The van der Waals surface area contributed by atoms with E-state index in [0.717, 1.165) is 5.56 Å². The normalized spacial score (nSPS) is 10.8. The van der Waals surface area contributed by atoms with Crippen LogP contribution in [0.2, 0.25) is 0 Å². The van der Waals surface area contributed by atoms with Crippen molar-refractivity contribution in [2.24, 2.45) is 0 Å². The van der Waals surface area contributed by atoms with Gasteiger partial charge in [-0.05, 0) is 12.1 Å². The summed E-state index contributed by atoms with van der Waals surface area (Å²) in [5, 5.41) is 18.6. The lowest BCUT2D eigenvalue weighted by Crippen LogP contribution is -2.06. The fraction of sp³-hybridized carbons (Fsp3) is 0.0556. The highest BCUT2D eigenvalue weighted by Crippen LogP contribution is 2.33. The van der Waals surface area contributed by atoms with Gasteiger partial charge in [-0.15, -0.1) is 5.10 Å². The molecule has 2 aromatic carbocycles. The van der Waals surface area contributed by atoms with E-state index in [0.29, 0.717) is 23.2 Å². The molecule has 0 aliphatic heterocycles. The summed E-state index contributed by atoms with van der Waals surface area (Å²) >= 11 is 0. The van der Waals surface area contributed by atoms with Crippen LogP contribution in [0.1, 0.15) is 0 Å². The van der Waals surface area contributed by atoms with E-state index in [1.54, 1.807) is 18.2 Å². The number of ether oxygens (including phenoxy) is 1. The Morgan fingerprint density at radius 1 is 1.08 bits per heavy atom. The summed E-state index contributed by atoms with van der Waals surface area (Å²) in [4.78, 5) is 12.3.